The Morgan fingerprint density at radius 3 is 3.00 bits per heavy atom. The molecule has 3 rings (SSSR count). The Balaban J connectivity index is 1.56. The van der Waals surface area contributed by atoms with E-state index in [-0.39, 0.29) is 12.1 Å². The van der Waals surface area contributed by atoms with Crippen molar-refractivity contribution in [3.8, 4) is 0 Å². The molecule has 0 aromatic carbocycles. The van der Waals surface area contributed by atoms with E-state index < -0.39 is 11.9 Å². The minimum atomic E-state index is -0.834. The van der Waals surface area contributed by atoms with Crippen LogP contribution in [0.15, 0.2) is 23.6 Å². The van der Waals surface area contributed by atoms with Crippen molar-refractivity contribution in [2.45, 2.75) is 25.4 Å². The van der Waals surface area contributed by atoms with Gasteiger partial charge in [-0.1, -0.05) is 12.2 Å². The van der Waals surface area contributed by atoms with E-state index in [1.54, 1.807) is 28.4 Å². The van der Waals surface area contributed by atoms with E-state index in [0.29, 0.717) is 13.0 Å². The highest BCUT2D eigenvalue weighted by atomic mass is 32.1. The van der Waals surface area contributed by atoms with Gasteiger partial charge in [0.05, 0.1) is 12.0 Å². The third-order valence-corrected chi connectivity index (χ3v) is 4.83. The highest BCUT2D eigenvalue weighted by Gasteiger charge is 2.28. The molecule has 20 heavy (non-hydrogen) atoms. The second kappa shape index (κ2) is 5.28. The van der Waals surface area contributed by atoms with Crippen molar-refractivity contribution >= 4 is 23.3 Å². The number of hydrogen-bond acceptors (Lipinski definition) is 3. The highest BCUT2D eigenvalue weighted by molar-refractivity contribution is 7.10. The summed E-state index contributed by atoms with van der Waals surface area (Å²) in [6, 6.07) is 1.78. The summed E-state index contributed by atoms with van der Waals surface area (Å²) in [6.45, 7) is 1.36. The van der Waals surface area contributed by atoms with E-state index in [9.17, 15) is 9.59 Å². The Hall–Kier alpha value is -1.82. The average Bonchev–Trinajstić information content (AvgIpc) is 3.05. The topological polar surface area (TPSA) is 69.6 Å². The van der Waals surface area contributed by atoms with E-state index in [4.69, 9.17) is 5.11 Å². The van der Waals surface area contributed by atoms with Gasteiger partial charge >= 0.3 is 12.0 Å². The van der Waals surface area contributed by atoms with Crippen molar-refractivity contribution in [3.63, 3.8) is 0 Å². The van der Waals surface area contributed by atoms with E-state index in [0.717, 1.165) is 13.0 Å². The molecule has 1 aromatic rings. The molecular weight excluding hydrogens is 276 g/mol. The molecule has 6 heteroatoms. The molecule has 0 saturated carbocycles. The second-order valence-corrected chi connectivity index (χ2v) is 6.16. The maximum absolute atomic E-state index is 12.2. The van der Waals surface area contributed by atoms with Crippen LogP contribution in [0.25, 0.3) is 0 Å². The molecule has 2 unspecified atom stereocenters. The Morgan fingerprint density at radius 2 is 2.25 bits per heavy atom. The van der Waals surface area contributed by atoms with Gasteiger partial charge in [-0.15, -0.1) is 11.3 Å². The number of carbonyl (C=O) groups is 2. The van der Waals surface area contributed by atoms with E-state index >= 15 is 0 Å². The van der Waals surface area contributed by atoms with E-state index in [1.807, 2.05) is 0 Å². The lowest BCUT2D eigenvalue weighted by Gasteiger charge is -2.28. The molecule has 1 aromatic heterocycles. The SMILES string of the molecule is O=C(O)C1C=CC(NC(=O)N2CCc3sccc3C2)C1. The summed E-state index contributed by atoms with van der Waals surface area (Å²) in [7, 11) is 0. The van der Waals surface area contributed by atoms with Crippen molar-refractivity contribution in [1.29, 1.82) is 0 Å². The third-order valence-electron chi connectivity index (χ3n) is 3.80. The van der Waals surface area contributed by atoms with Crippen molar-refractivity contribution in [1.82, 2.24) is 10.2 Å². The lowest BCUT2D eigenvalue weighted by Crippen LogP contribution is -2.45. The number of fused-ring (bicyclic) bond motifs is 1. The fourth-order valence-corrected chi connectivity index (χ4v) is 3.55. The zero-order chi connectivity index (χ0) is 14.1. The van der Waals surface area contributed by atoms with E-state index in [2.05, 4.69) is 16.8 Å². The molecule has 2 heterocycles. The molecule has 2 amide bonds. The van der Waals surface area contributed by atoms with Crippen LogP contribution in [-0.4, -0.2) is 34.6 Å². The van der Waals surface area contributed by atoms with Gasteiger partial charge in [0.25, 0.3) is 0 Å². The van der Waals surface area contributed by atoms with Crippen LogP contribution in [0.1, 0.15) is 16.9 Å². The molecule has 2 atom stereocenters. The number of urea groups is 1. The zero-order valence-electron chi connectivity index (χ0n) is 10.9. The van der Waals surface area contributed by atoms with Crippen LogP contribution in [0, 0.1) is 5.92 Å². The Morgan fingerprint density at radius 1 is 1.40 bits per heavy atom. The number of thiophene rings is 1. The van der Waals surface area contributed by atoms with Gasteiger partial charge < -0.3 is 15.3 Å². The van der Waals surface area contributed by atoms with Crippen LogP contribution in [-0.2, 0) is 17.8 Å². The number of hydrogen-bond donors (Lipinski definition) is 2. The molecule has 0 fully saturated rings. The minimum Gasteiger partial charge on any atom is -0.481 e. The lowest BCUT2D eigenvalue weighted by molar-refractivity contribution is -0.140. The number of carbonyl (C=O) groups excluding carboxylic acids is 1. The Kier molecular flexibility index (Phi) is 3.48. The van der Waals surface area contributed by atoms with Gasteiger partial charge in [-0.05, 0) is 29.9 Å². The second-order valence-electron chi connectivity index (χ2n) is 5.16. The predicted molar refractivity (Wildman–Crippen MR) is 75.6 cm³/mol. The highest BCUT2D eigenvalue weighted by Crippen LogP contribution is 2.24. The van der Waals surface area contributed by atoms with Gasteiger partial charge in [-0.25, -0.2) is 4.79 Å². The minimum absolute atomic E-state index is 0.109. The summed E-state index contributed by atoms with van der Waals surface area (Å²) < 4.78 is 0. The smallest absolute Gasteiger partial charge is 0.318 e. The molecule has 1 aliphatic heterocycles. The molecule has 2 aliphatic rings. The van der Waals surface area contributed by atoms with Gasteiger partial charge in [-0.2, -0.15) is 0 Å². The summed E-state index contributed by atoms with van der Waals surface area (Å²) in [5.74, 6) is -1.32. The third kappa shape index (κ3) is 2.56. The fourth-order valence-electron chi connectivity index (χ4n) is 2.66. The van der Waals surface area contributed by atoms with Gasteiger partial charge in [0.2, 0.25) is 0 Å². The summed E-state index contributed by atoms with van der Waals surface area (Å²) in [5.41, 5.74) is 1.22. The molecule has 106 valence electrons. The largest absolute Gasteiger partial charge is 0.481 e. The molecule has 0 bridgehead atoms. The molecular formula is C14H16N2O3S. The number of nitrogens with one attached hydrogen (secondary N) is 1. The van der Waals surface area contributed by atoms with E-state index in [1.165, 1.54) is 10.4 Å². The molecule has 0 saturated heterocycles. The number of carboxylic acid groups (broad SMARTS) is 1. The standard InChI is InChI=1S/C14H16N2O3S/c17-13(18)9-1-2-11(7-9)15-14(19)16-5-3-12-10(8-16)4-6-20-12/h1-2,4,6,9,11H,3,5,7-8H2,(H,15,19)(H,17,18). The molecule has 0 radical (unpaired) electrons. The van der Waals surface area contributed by atoms with Crippen molar-refractivity contribution < 1.29 is 14.7 Å². The maximum atomic E-state index is 12.2. The molecule has 2 N–H and O–H groups in total. The molecule has 5 nitrogen and oxygen atoms in total. The fraction of sp³-hybridized carbons (Fsp3) is 0.429. The molecule has 0 spiro atoms. The van der Waals surface area contributed by atoms with Crippen LogP contribution >= 0.6 is 11.3 Å². The Bertz CT molecular complexity index is 567. The van der Waals surface area contributed by atoms with Crippen LogP contribution in [0.5, 0.6) is 0 Å². The maximum Gasteiger partial charge on any atom is 0.318 e. The lowest BCUT2D eigenvalue weighted by atomic mass is 10.1. The Labute approximate surface area is 120 Å². The van der Waals surface area contributed by atoms with Crippen LogP contribution in [0.2, 0.25) is 0 Å². The van der Waals surface area contributed by atoms with Gasteiger partial charge in [0, 0.05) is 18.0 Å². The van der Waals surface area contributed by atoms with Crippen molar-refractivity contribution in [3.05, 3.63) is 34.0 Å². The normalized spacial score (nSPS) is 24.5. The summed E-state index contributed by atoms with van der Waals surface area (Å²) >= 11 is 1.74. The van der Waals surface area contributed by atoms with Gasteiger partial charge in [0.1, 0.15) is 0 Å². The average molecular weight is 292 g/mol. The summed E-state index contributed by atoms with van der Waals surface area (Å²) in [5, 5.41) is 13.9. The predicted octanol–water partition coefficient (Wildman–Crippen LogP) is 1.85. The summed E-state index contributed by atoms with van der Waals surface area (Å²) in [4.78, 5) is 26.2. The number of aliphatic carboxylic acids is 1. The first-order valence-electron chi connectivity index (χ1n) is 6.65. The first-order valence-corrected chi connectivity index (χ1v) is 7.53. The monoisotopic (exact) mass is 292 g/mol. The van der Waals surface area contributed by atoms with Gasteiger partial charge in [0.15, 0.2) is 0 Å². The zero-order valence-corrected chi connectivity index (χ0v) is 11.7. The van der Waals surface area contributed by atoms with Crippen LogP contribution in [0.3, 0.4) is 0 Å². The van der Waals surface area contributed by atoms with Crippen LogP contribution < -0.4 is 5.32 Å². The number of rotatable bonds is 2. The number of nitrogens with zero attached hydrogens (tertiary/aromatic N) is 1. The first kappa shape index (κ1) is 13.2. The number of carboxylic acids is 1. The summed E-state index contributed by atoms with van der Waals surface area (Å²) in [6.07, 6.45) is 4.77. The van der Waals surface area contributed by atoms with Crippen LogP contribution in [0.4, 0.5) is 4.79 Å². The first-order chi connectivity index (χ1) is 9.63. The quantitative estimate of drug-likeness (QED) is 0.817. The van der Waals surface area contributed by atoms with Gasteiger partial charge in [-0.3, -0.25) is 4.79 Å². The van der Waals surface area contributed by atoms with Crippen molar-refractivity contribution in [2.75, 3.05) is 6.54 Å². The van der Waals surface area contributed by atoms with Crippen molar-refractivity contribution in [2.24, 2.45) is 5.92 Å². The number of amides is 2. The molecule has 1 aliphatic carbocycles.